The van der Waals surface area contributed by atoms with E-state index in [2.05, 4.69) is 11.8 Å². The maximum absolute atomic E-state index is 11.7. The van der Waals surface area contributed by atoms with Gasteiger partial charge in [0, 0.05) is 17.3 Å². The van der Waals surface area contributed by atoms with Gasteiger partial charge in [-0.1, -0.05) is 30.0 Å². The lowest BCUT2D eigenvalue weighted by Gasteiger charge is -2.19. The van der Waals surface area contributed by atoms with Crippen LogP contribution in [0.4, 0.5) is 0 Å². The minimum absolute atomic E-state index is 0.329. The van der Waals surface area contributed by atoms with Gasteiger partial charge >= 0.3 is 5.97 Å². The van der Waals surface area contributed by atoms with Crippen LogP contribution >= 0.6 is 0 Å². The molecule has 4 nitrogen and oxygen atoms in total. The smallest absolute Gasteiger partial charge is 0.335 e. The third-order valence-corrected chi connectivity index (χ3v) is 2.65. The molecule has 0 saturated heterocycles. The van der Waals surface area contributed by atoms with Crippen LogP contribution in [-0.4, -0.2) is 24.1 Å². The average Bonchev–Trinajstić information content (AvgIpc) is 2.46. The van der Waals surface area contributed by atoms with E-state index in [1.54, 1.807) is 19.2 Å². The van der Waals surface area contributed by atoms with Crippen molar-refractivity contribution in [3.63, 3.8) is 0 Å². The highest BCUT2D eigenvalue weighted by Gasteiger charge is 2.16. The first kappa shape index (κ1) is 13.9. The molecule has 0 radical (unpaired) electrons. The molecule has 20 heavy (non-hydrogen) atoms. The summed E-state index contributed by atoms with van der Waals surface area (Å²) in [5, 5.41) is 1.43. The van der Waals surface area contributed by atoms with Gasteiger partial charge in [0.1, 0.15) is 0 Å². The van der Waals surface area contributed by atoms with Crippen LogP contribution in [0.2, 0.25) is 0 Å². The van der Waals surface area contributed by atoms with Crippen molar-refractivity contribution in [2.45, 2.75) is 6.92 Å². The molecule has 0 unspecified atom stereocenters. The van der Waals surface area contributed by atoms with Gasteiger partial charge in [0.25, 0.3) is 0 Å². The summed E-state index contributed by atoms with van der Waals surface area (Å²) >= 11 is 0. The fourth-order valence-corrected chi connectivity index (χ4v) is 1.77. The Morgan fingerprint density at radius 3 is 2.80 bits per heavy atom. The zero-order valence-electron chi connectivity index (χ0n) is 11.3. The second kappa shape index (κ2) is 6.60. The third-order valence-electron chi connectivity index (χ3n) is 2.65. The minimum Gasteiger partial charge on any atom is -0.463 e. The standard InChI is InChI=1S/C16H16N2O2/c1-2-20-16(19)15-10-14(11-18(17)12-15)9-8-13-6-4-3-5-7-13/h3-7,10-11H,2,12,17H2,1H3. The molecular weight excluding hydrogens is 252 g/mol. The van der Waals surface area contributed by atoms with Crippen LogP contribution in [0, 0.1) is 11.8 Å². The molecule has 0 atom stereocenters. The Hall–Kier alpha value is -2.51. The zero-order chi connectivity index (χ0) is 14.4. The maximum atomic E-state index is 11.7. The Balaban J connectivity index is 2.19. The van der Waals surface area contributed by atoms with Crippen LogP contribution in [0.1, 0.15) is 12.5 Å². The molecular formula is C16H16N2O2. The van der Waals surface area contributed by atoms with Gasteiger partial charge in [-0.05, 0) is 25.1 Å². The van der Waals surface area contributed by atoms with Crippen molar-refractivity contribution in [2.24, 2.45) is 5.84 Å². The summed E-state index contributed by atoms with van der Waals surface area (Å²) < 4.78 is 4.98. The van der Waals surface area contributed by atoms with Crippen molar-refractivity contribution in [2.75, 3.05) is 13.2 Å². The first-order valence-corrected chi connectivity index (χ1v) is 6.37. The largest absolute Gasteiger partial charge is 0.463 e. The predicted octanol–water partition coefficient (Wildman–Crippen LogP) is 1.60. The van der Waals surface area contributed by atoms with Gasteiger partial charge in [-0.2, -0.15) is 0 Å². The number of nitrogens with zero attached hydrogens (tertiary/aromatic N) is 1. The first-order chi connectivity index (χ1) is 9.69. The van der Waals surface area contributed by atoms with Crippen molar-refractivity contribution in [3.8, 4) is 11.8 Å². The number of carbonyl (C=O) groups excluding carboxylic acids is 1. The molecule has 0 fully saturated rings. The summed E-state index contributed by atoms with van der Waals surface area (Å²) in [6.45, 7) is 2.44. The Labute approximate surface area is 118 Å². The average molecular weight is 268 g/mol. The van der Waals surface area contributed by atoms with Gasteiger partial charge in [-0.25, -0.2) is 10.6 Å². The van der Waals surface area contributed by atoms with E-state index in [0.717, 1.165) is 5.56 Å². The summed E-state index contributed by atoms with van der Waals surface area (Å²) in [6, 6.07) is 9.63. The molecule has 4 heteroatoms. The summed E-state index contributed by atoms with van der Waals surface area (Å²) in [7, 11) is 0. The summed E-state index contributed by atoms with van der Waals surface area (Å²) in [6.07, 6.45) is 3.43. The monoisotopic (exact) mass is 268 g/mol. The topological polar surface area (TPSA) is 55.6 Å². The van der Waals surface area contributed by atoms with E-state index in [1.807, 2.05) is 30.3 Å². The van der Waals surface area contributed by atoms with Gasteiger partial charge in [0.15, 0.2) is 0 Å². The molecule has 0 bridgehead atoms. The van der Waals surface area contributed by atoms with E-state index in [1.165, 1.54) is 5.01 Å². The number of hydrazine groups is 1. The number of esters is 1. The van der Waals surface area contributed by atoms with Crippen LogP contribution in [0.3, 0.4) is 0 Å². The normalized spacial score (nSPS) is 13.8. The summed E-state index contributed by atoms with van der Waals surface area (Å²) in [4.78, 5) is 11.7. The van der Waals surface area contributed by atoms with Gasteiger partial charge in [-0.15, -0.1) is 0 Å². The highest BCUT2D eigenvalue weighted by atomic mass is 16.5. The van der Waals surface area contributed by atoms with E-state index >= 15 is 0 Å². The highest BCUT2D eigenvalue weighted by molar-refractivity contribution is 5.90. The van der Waals surface area contributed by atoms with Gasteiger partial charge in [0.2, 0.25) is 0 Å². The molecule has 0 spiro atoms. The third kappa shape index (κ3) is 3.74. The first-order valence-electron chi connectivity index (χ1n) is 6.37. The number of rotatable bonds is 2. The number of benzene rings is 1. The van der Waals surface area contributed by atoms with E-state index in [4.69, 9.17) is 10.6 Å². The Kier molecular flexibility index (Phi) is 4.59. The van der Waals surface area contributed by atoms with E-state index < -0.39 is 0 Å². The van der Waals surface area contributed by atoms with Crippen LogP contribution < -0.4 is 5.84 Å². The Morgan fingerprint density at radius 1 is 1.35 bits per heavy atom. The van der Waals surface area contributed by atoms with Crippen LogP contribution in [0.25, 0.3) is 0 Å². The fraction of sp³-hybridized carbons (Fsp3) is 0.188. The van der Waals surface area contributed by atoms with Crippen molar-refractivity contribution in [1.29, 1.82) is 0 Å². The Bertz CT molecular complexity index is 606. The minimum atomic E-state index is -0.352. The molecule has 1 aromatic rings. The van der Waals surface area contributed by atoms with Gasteiger partial charge in [-0.3, -0.25) is 0 Å². The van der Waals surface area contributed by atoms with Crippen molar-refractivity contribution in [1.82, 2.24) is 5.01 Å². The molecule has 0 aromatic heterocycles. The second-order valence-electron chi connectivity index (χ2n) is 4.26. The molecule has 1 aliphatic heterocycles. The number of ether oxygens (including phenoxy) is 1. The summed E-state index contributed by atoms with van der Waals surface area (Å²) in [5.74, 6) is 11.4. The molecule has 0 saturated carbocycles. The van der Waals surface area contributed by atoms with Crippen molar-refractivity contribution >= 4 is 5.97 Å². The quantitative estimate of drug-likeness (QED) is 0.503. The van der Waals surface area contributed by atoms with Crippen LogP contribution in [0.15, 0.2) is 53.8 Å². The number of hydrogen-bond donors (Lipinski definition) is 1. The number of hydrogen-bond acceptors (Lipinski definition) is 4. The summed E-state index contributed by atoms with van der Waals surface area (Å²) in [5.41, 5.74) is 2.11. The number of allylic oxidation sites excluding steroid dienone is 2. The number of carbonyl (C=O) groups is 1. The van der Waals surface area contributed by atoms with Crippen LogP contribution in [-0.2, 0) is 9.53 Å². The SMILES string of the molecule is CCOC(=O)C1=CC(C#Cc2ccccc2)=CN(N)C1. The van der Waals surface area contributed by atoms with E-state index in [0.29, 0.717) is 24.3 Å². The molecule has 1 heterocycles. The van der Waals surface area contributed by atoms with Crippen molar-refractivity contribution in [3.05, 3.63) is 59.3 Å². The number of nitrogens with two attached hydrogens (primary N) is 1. The van der Waals surface area contributed by atoms with Gasteiger partial charge in [0.05, 0.1) is 18.7 Å². The lowest BCUT2D eigenvalue weighted by Crippen LogP contribution is -2.32. The lowest BCUT2D eigenvalue weighted by atomic mass is 10.1. The molecule has 1 aromatic carbocycles. The molecule has 0 amide bonds. The Morgan fingerprint density at radius 2 is 2.10 bits per heavy atom. The second-order valence-corrected chi connectivity index (χ2v) is 4.26. The zero-order valence-corrected chi connectivity index (χ0v) is 11.3. The molecule has 2 rings (SSSR count). The fourth-order valence-electron chi connectivity index (χ4n) is 1.77. The van der Waals surface area contributed by atoms with Crippen LogP contribution in [0.5, 0.6) is 0 Å². The lowest BCUT2D eigenvalue weighted by molar-refractivity contribution is -0.138. The van der Waals surface area contributed by atoms with E-state index in [9.17, 15) is 4.79 Å². The maximum Gasteiger partial charge on any atom is 0.335 e. The molecule has 102 valence electrons. The predicted molar refractivity (Wildman–Crippen MR) is 77.0 cm³/mol. The van der Waals surface area contributed by atoms with Crippen molar-refractivity contribution < 1.29 is 9.53 Å². The molecule has 1 aliphatic rings. The molecule has 0 aliphatic carbocycles. The van der Waals surface area contributed by atoms with Gasteiger partial charge < -0.3 is 9.75 Å². The molecule has 2 N–H and O–H groups in total. The highest BCUT2D eigenvalue weighted by Crippen LogP contribution is 2.12. The van der Waals surface area contributed by atoms with E-state index in [-0.39, 0.29) is 5.97 Å².